The highest BCUT2D eigenvalue weighted by molar-refractivity contribution is 9.10. The number of aliphatic hydroxyl groups is 1. The average molecular weight is 325 g/mol. The van der Waals surface area contributed by atoms with Gasteiger partial charge in [-0.2, -0.15) is 0 Å². The first kappa shape index (κ1) is 13.4. The van der Waals surface area contributed by atoms with Crippen molar-refractivity contribution >= 4 is 15.9 Å². The number of ether oxygens (including phenoxy) is 1. The van der Waals surface area contributed by atoms with Gasteiger partial charge in [0.15, 0.2) is 0 Å². The van der Waals surface area contributed by atoms with Gasteiger partial charge in [0.05, 0.1) is 12.2 Å². The molecule has 0 bridgehead atoms. The highest BCUT2D eigenvalue weighted by Gasteiger charge is 2.40. The number of hydrogen-bond donors (Lipinski definition) is 1. The van der Waals surface area contributed by atoms with Crippen LogP contribution in [0.25, 0.3) is 0 Å². The van der Waals surface area contributed by atoms with Gasteiger partial charge in [0, 0.05) is 17.3 Å². The van der Waals surface area contributed by atoms with Crippen LogP contribution in [0.15, 0.2) is 16.6 Å². The van der Waals surface area contributed by atoms with E-state index in [1.807, 2.05) is 0 Å². The molecular formula is C16H21BrO2. The summed E-state index contributed by atoms with van der Waals surface area (Å²) in [4.78, 5) is 0. The van der Waals surface area contributed by atoms with Gasteiger partial charge in [0.1, 0.15) is 5.75 Å². The molecule has 0 radical (unpaired) electrons. The third kappa shape index (κ3) is 2.43. The lowest BCUT2D eigenvalue weighted by Crippen LogP contribution is -2.35. The van der Waals surface area contributed by atoms with Crippen LogP contribution in [0.1, 0.15) is 43.7 Å². The Balaban J connectivity index is 1.91. The summed E-state index contributed by atoms with van der Waals surface area (Å²) >= 11 is 3.58. The predicted octanol–water partition coefficient (Wildman–Crippen LogP) is 3.87. The van der Waals surface area contributed by atoms with Crippen molar-refractivity contribution in [1.82, 2.24) is 0 Å². The largest absolute Gasteiger partial charge is 0.493 e. The second kappa shape index (κ2) is 5.10. The maximum atomic E-state index is 11.0. The van der Waals surface area contributed by atoms with Gasteiger partial charge in [0.2, 0.25) is 0 Å². The average Bonchev–Trinajstić information content (AvgIpc) is 2.95. The SMILES string of the molecule is CCC1CCCC1(O)Cc1cc(Br)cc2c1OCC2. The molecule has 1 N–H and O–H groups in total. The number of benzene rings is 1. The number of hydrogen-bond acceptors (Lipinski definition) is 2. The summed E-state index contributed by atoms with van der Waals surface area (Å²) in [6, 6.07) is 4.26. The molecule has 0 amide bonds. The number of halogens is 1. The monoisotopic (exact) mass is 324 g/mol. The first-order valence-corrected chi connectivity index (χ1v) is 8.08. The molecule has 1 saturated carbocycles. The van der Waals surface area contributed by atoms with Gasteiger partial charge in [-0.05, 0) is 42.0 Å². The Labute approximate surface area is 123 Å². The van der Waals surface area contributed by atoms with Crippen molar-refractivity contribution in [2.75, 3.05) is 6.61 Å². The van der Waals surface area contributed by atoms with Gasteiger partial charge in [0.25, 0.3) is 0 Å². The van der Waals surface area contributed by atoms with E-state index in [-0.39, 0.29) is 0 Å². The fraction of sp³-hybridized carbons (Fsp3) is 0.625. The molecule has 104 valence electrons. The maximum absolute atomic E-state index is 11.0. The normalized spacial score (nSPS) is 29.3. The fourth-order valence-corrected chi connectivity index (χ4v) is 4.30. The van der Waals surface area contributed by atoms with Crippen molar-refractivity contribution < 1.29 is 9.84 Å². The Kier molecular flexibility index (Phi) is 3.61. The van der Waals surface area contributed by atoms with Crippen LogP contribution in [-0.2, 0) is 12.8 Å². The highest BCUT2D eigenvalue weighted by Crippen LogP contribution is 2.43. The van der Waals surface area contributed by atoms with Crippen LogP contribution in [-0.4, -0.2) is 17.3 Å². The van der Waals surface area contributed by atoms with Crippen LogP contribution >= 0.6 is 15.9 Å². The van der Waals surface area contributed by atoms with Crippen molar-refractivity contribution in [3.05, 3.63) is 27.7 Å². The van der Waals surface area contributed by atoms with Gasteiger partial charge in [-0.25, -0.2) is 0 Å². The van der Waals surface area contributed by atoms with Gasteiger partial charge in [-0.1, -0.05) is 35.7 Å². The van der Waals surface area contributed by atoms with E-state index in [9.17, 15) is 5.11 Å². The smallest absolute Gasteiger partial charge is 0.125 e. The van der Waals surface area contributed by atoms with Crippen molar-refractivity contribution in [3.8, 4) is 5.75 Å². The van der Waals surface area contributed by atoms with Gasteiger partial charge in [-0.3, -0.25) is 0 Å². The highest BCUT2D eigenvalue weighted by atomic mass is 79.9. The zero-order valence-corrected chi connectivity index (χ0v) is 13.0. The summed E-state index contributed by atoms with van der Waals surface area (Å²) in [6.45, 7) is 2.96. The Morgan fingerprint density at radius 2 is 2.32 bits per heavy atom. The molecule has 1 aromatic carbocycles. The van der Waals surface area contributed by atoms with Crippen molar-refractivity contribution in [2.24, 2.45) is 5.92 Å². The zero-order valence-electron chi connectivity index (χ0n) is 11.4. The molecule has 2 unspecified atom stereocenters. The summed E-state index contributed by atoms with van der Waals surface area (Å²) < 4.78 is 6.88. The van der Waals surface area contributed by atoms with Crippen LogP contribution in [0.4, 0.5) is 0 Å². The molecular weight excluding hydrogens is 304 g/mol. The van der Waals surface area contributed by atoms with Crippen LogP contribution in [0.2, 0.25) is 0 Å². The molecule has 0 spiro atoms. The summed E-state index contributed by atoms with van der Waals surface area (Å²) in [5, 5.41) is 11.0. The zero-order chi connectivity index (χ0) is 13.5. The van der Waals surface area contributed by atoms with E-state index in [2.05, 4.69) is 35.0 Å². The van der Waals surface area contributed by atoms with E-state index >= 15 is 0 Å². The summed E-state index contributed by atoms with van der Waals surface area (Å²) in [5.74, 6) is 1.46. The van der Waals surface area contributed by atoms with Gasteiger partial charge < -0.3 is 9.84 Å². The first-order valence-electron chi connectivity index (χ1n) is 7.29. The van der Waals surface area contributed by atoms with E-state index in [0.717, 1.165) is 55.4 Å². The molecule has 0 saturated heterocycles. The van der Waals surface area contributed by atoms with E-state index in [1.165, 1.54) is 11.1 Å². The minimum atomic E-state index is -0.532. The second-order valence-corrected chi connectivity index (χ2v) is 6.85. The topological polar surface area (TPSA) is 29.5 Å². The van der Waals surface area contributed by atoms with Crippen molar-refractivity contribution in [1.29, 1.82) is 0 Å². The lowest BCUT2D eigenvalue weighted by molar-refractivity contribution is 0.00100. The molecule has 2 aliphatic rings. The Morgan fingerprint density at radius 3 is 3.11 bits per heavy atom. The van der Waals surface area contributed by atoms with Crippen LogP contribution in [0.3, 0.4) is 0 Å². The van der Waals surface area contributed by atoms with Crippen molar-refractivity contribution in [2.45, 2.75) is 51.0 Å². The quantitative estimate of drug-likeness (QED) is 0.914. The molecule has 1 aliphatic heterocycles. The third-order valence-corrected chi connectivity index (χ3v) is 5.19. The predicted molar refractivity (Wildman–Crippen MR) is 79.6 cm³/mol. The first-order chi connectivity index (χ1) is 9.12. The van der Waals surface area contributed by atoms with Crippen molar-refractivity contribution in [3.63, 3.8) is 0 Å². The van der Waals surface area contributed by atoms with Crippen LogP contribution in [0, 0.1) is 5.92 Å². The summed E-state index contributed by atoms with van der Waals surface area (Å²) in [6.07, 6.45) is 6.00. The lowest BCUT2D eigenvalue weighted by atomic mass is 9.83. The molecule has 2 nitrogen and oxygen atoms in total. The summed E-state index contributed by atoms with van der Waals surface area (Å²) in [5.41, 5.74) is 1.92. The van der Waals surface area contributed by atoms with E-state index in [1.54, 1.807) is 0 Å². The van der Waals surface area contributed by atoms with Gasteiger partial charge in [-0.15, -0.1) is 0 Å². The molecule has 19 heavy (non-hydrogen) atoms. The van der Waals surface area contributed by atoms with E-state index < -0.39 is 5.60 Å². The molecule has 2 atom stereocenters. The molecule has 3 rings (SSSR count). The summed E-state index contributed by atoms with van der Waals surface area (Å²) in [7, 11) is 0. The van der Waals surface area contributed by atoms with Crippen LogP contribution < -0.4 is 4.74 Å². The minimum Gasteiger partial charge on any atom is -0.493 e. The third-order valence-electron chi connectivity index (χ3n) is 4.74. The fourth-order valence-electron chi connectivity index (χ4n) is 3.75. The Hall–Kier alpha value is -0.540. The molecule has 1 aliphatic carbocycles. The molecule has 1 heterocycles. The van der Waals surface area contributed by atoms with E-state index in [0.29, 0.717) is 5.92 Å². The van der Waals surface area contributed by atoms with Gasteiger partial charge >= 0.3 is 0 Å². The molecule has 3 heteroatoms. The molecule has 0 aromatic heterocycles. The number of rotatable bonds is 3. The Bertz CT molecular complexity index is 486. The number of fused-ring (bicyclic) bond motifs is 1. The molecule has 1 aromatic rings. The van der Waals surface area contributed by atoms with Crippen LogP contribution in [0.5, 0.6) is 5.75 Å². The standard InChI is InChI=1S/C16H21BrO2/c1-2-13-4-3-6-16(13,18)10-12-9-14(17)8-11-5-7-19-15(11)12/h8-9,13,18H,2-7,10H2,1H3. The maximum Gasteiger partial charge on any atom is 0.125 e. The lowest BCUT2D eigenvalue weighted by Gasteiger charge is -2.30. The van der Waals surface area contributed by atoms with E-state index in [4.69, 9.17) is 4.74 Å². The molecule has 1 fully saturated rings. The Morgan fingerprint density at radius 1 is 1.47 bits per heavy atom. The minimum absolute atomic E-state index is 0.434. The second-order valence-electron chi connectivity index (χ2n) is 5.93.